The molecule has 4 aromatic rings. The summed E-state index contributed by atoms with van der Waals surface area (Å²) in [5.74, 6) is 1.14. The summed E-state index contributed by atoms with van der Waals surface area (Å²) in [6, 6.07) is 15.5. The van der Waals surface area contributed by atoms with E-state index in [1.54, 1.807) is 24.6 Å². The van der Waals surface area contributed by atoms with E-state index in [1.807, 2.05) is 61.5 Å². The lowest BCUT2D eigenvalue weighted by molar-refractivity contribution is 0.0617. The first kappa shape index (κ1) is 27.4. The summed E-state index contributed by atoms with van der Waals surface area (Å²) in [6.45, 7) is 8.28. The molecule has 0 atom stereocenters. The zero-order valence-electron chi connectivity index (χ0n) is 23.7. The molecule has 10 nitrogen and oxygen atoms in total. The molecule has 0 spiro atoms. The van der Waals surface area contributed by atoms with E-state index >= 15 is 0 Å². The van der Waals surface area contributed by atoms with E-state index in [0.717, 1.165) is 34.9 Å². The van der Waals surface area contributed by atoms with Gasteiger partial charge >= 0.3 is 0 Å². The van der Waals surface area contributed by atoms with Crippen LogP contribution in [-0.2, 0) is 6.54 Å². The smallest absolute Gasteiger partial charge is 0.276 e. The van der Waals surface area contributed by atoms with Crippen LogP contribution in [0.3, 0.4) is 0 Å². The number of nitrogens with zero attached hydrogens (tertiary/aromatic N) is 5. The SMILES string of the molecule is Cc1cccc2c1NCCN2c1cc2cnc(Nc3ccc(OCCN(C)C)cc3)nc2n(CC(C)(C)O)c1=O. The average Bonchev–Trinajstić information content (AvgIpc) is 2.91. The second-order valence-corrected chi connectivity index (χ2v) is 11.1. The topological polar surface area (TPSA) is 108 Å². The van der Waals surface area contributed by atoms with Gasteiger partial charge in [-0.2, -0.15) is 4.98 Å². The molecule has 0 bridgehead atoms. The number of hydrogen-bond acceptors (Lipinski definition) is 9. The van der Waals surface area contributed by atoms with Crippen molar-refractivity contribution >= 4 is 39.7 Å². The molecule has 1 aliphatic heterocycles. The number of aliphatic hydroxyl groups is 1. The second kappa shape index (κ2) is 11.1. The van der Waals surface area contributed by atoms with E-state index in [1.165, 1.54) is 0 Å². The third-order valence-corrected chi connectivity index (χ3v) is 6.74. The fraction of sp³-hybridized carbons (Fsp3) is 0.367. The van der Waals surface area contributed by atoms with Crippen molar-refractivity contribution < 1.29 is 9.84 Å². The van der Waals surface area contributed by atoms with E-state index in [9.17, 15) is 9.90 Å². The van der Waals surface area contributed by atoms with E-state index in [-0.39, 0.29) is 12.1 Å². The van der Waals surface area contributed by atoms with Gasteiger partial charge in [-0.25, -0.2) is 4.98 Å². The van der Waals surface area contributed by atoms with Gasteiger partial charge < -0.3 is 30.3 Å². The van der Waals surface area contributed by atoms with Gasteiger partial charge in [0, 0.05) is 36.9 Å². The lowest BCUT2D eigenvalue weighted by Gasteiger charge is -2.33. The van der Waals surface area contributed by atoms with Crippen LogP contribution in [0.2, 0.25) is 0 Å². The Labute approximate surface area is 234 Å². The highest BCUT2D eigenvalue weighted by atomic mass is 16.5. The van der Waals surface area contributed by atoms with Crippen LogP contribution in [0.1, 0.15) is 19.4 Å². The van der Waals surface area contributed by atoms with Gasteiger partial charge in [0.1, 0.15) is 23.7 Å². The molecule has 5 rings (SSSR count). The Morgan fingerprint density at radius 3 is 2.65 bits per heavy atom. The maximum atomic E-state index is 14.0. The highest BCUT2D eigenvalue weighted by Crippen LogP contribution is 2.36. The molecular formula is C30H37N7O3. The van der Waals surface area contributed by atoms with Crippen LogP contribution in [-0.4, -0.2) is 70.5 Å². The minimum atomic E-state index is -1.13. The number of anilines is 5. The quantitative estimate of drug-likeness (QED) is 0.287. The number of likely N-dealkylation sites (N-methyl/N-ethyl adjacent to an activating group) is 1. The molecule has 0 aliphatic carbocycles. The molecule has 0 fully saturated rings. The third-order valence-electron chi connectivity index (χ3n) is 6.74. The van der Waals surface area contributed by atoms with Crippen LogP contribution in [0.15, 0.2) is 59.5 Å². The van der Waals surface area contributed by atoms with E-state index < -0.39 is 5.60 Å². The van der Waals surface area contributed by atoms with Crippen molar-refractivity contribution in [1.82, 2.24) is 19.4 Å². The van der Waals surface area contributed by atoms with Crippen LogP contribution in [0.25, 0.3) is 11.0 Å². The van der Waals surface area contributed by atoms with Crippen molar-refractivity contribution in [1.29, 1.82) is 0 Å². The molecule has 0 saturated carbocycles. The Morgan fingerprint density at radius 1 is 1.15 bits per heavy atom. The summed E-state index contributed by atoms with van der Waals surface area (Å²) in [7, 11) is 4.01. The number of hydrogen-bond donors (Lipinski definition) is 3. The standard InChI is InChI=1S/C30H37N7O3/c1-20-7-6-8-24-26(20)31-13-14-36(24)25-17-21-18-32-29(34-27(21)37(28(25)38)19-30(2,3)39)33-22-9-11-23(12-10-22)40-16-15-35(4)5/h6-12,17-18,31,39H,13-16,19H2,1-5H3,(H,32,33,34). The number of aryl methyl sites for hydroxylation is 1. The molecule has 0 amide bonds. The van der Waals surface area contributed by atoms with E-state index in [4.69, 9.17) is 9.72 Å². The molecule has 10 heteroatoms. The fourth-order valence-electron chi connectivity index (χ4n) is 4.81. The van der Waals surface area contributed by atoms with Crippen LogP contribution >= 0.6 is 0 Å². The van der Waals surface area contributed by atoms with Crippen molar-refractivity contribution in [3.05, 3.63) is 70.6 Å². The van der Waals surface area contributed by atoms with Gasteiger partial charge in [0.25, 0.3) is 5.56 Å². The number of ether oxygens (including phenoxy) is 1. The van der Waals surface area contributed by atoms with Crippen molar-refractivity contribution in [3.8, 4) is 5.75 Å². The molecule has 0 radical (unpaired) electrons. The Hall–Kier alpha value is -4.15. The Morgan fingerprint density at radius 2 is 1.93 bits per heavy atom. The molecule has 2 aromatic heterocycles. The Kier molecular flexibility index (Phi) is 7.64. The second-order valence-electron chi connectivity index (χ2n) is 11.1. The minimum absolute atomic E-state index is 0.0817. The molecule has 210 valence electrons. The van der Waals surface area contributed by atoms with Gasteiger partial charge in [0.2, 0.25) is 5.95 Å². The van der Waals surface area contributed by atoms with Crippen molar-refractivity contribution in [2.75, 3.05) is 55.9 Å². The van der Waals surface area contributed by atoms with Crippen LogP contribution in [0, 0.1) is 6.92 Å². The normalized spacial score (nSPS) is 13.3. The monoisotopic (exact) mass is 543 g/mol. The highest BCUT2D eigenvalue weighted by molar-refractivity contribution is 5.85. The molecule has 2 aromatic carbocycles. The van der Waals surface area contributed by atoms with E-state index in [2.05, 4.69) is 33.5 Å². The third kappa shape index (κ3) is 6.03. The molecule has 40 heavy (non-hydrogen) atoms. The molecule has 0 unspecified atom stereocenters. The first-order valence-electron chi connectivity index (χ1n) is 13.5. The summed E-state index contributed by atoms with van der Waals surface area (Å²) in [5.41, 5.74) is 3.52. The minimum Gasteiger partial charge on any atom is -0.492 e. The summed E-state index contributed by atoms with van der Waals surface area (Å²) in [5, 5.41) is 18.1. The molecule has 3 heterocycles. The predicted molar refractivity (Wildman–Crippen MR) is 161 cm³/mol. The molecule has 0 saturated heterocycles. The summed E-state index contributed by atoms with van der Waals surface area (Å²) < 4.78 is 7.33. The zero-order chi connectivity index (χ0) is 28.4. The predicted octanol–water partition coefficient (Wildman–Crippen LogP) is 4.12. The Bertz CT molecular complexity index is 1560. The maximum Gasteiger partial charge on any atom is 0.276 e. The first-order valence-corrected chi connectivity index (χ1v) is 13.5. The van der Waals surface area contributed by atoms with E-state index in [0.29, 0.717) is 42.4 Å². The summed E-state index contributed by atoms with van der Waals surface area (Å²) in [6.07, 6.45) is 1.71. The summed E-state index contributed by atoms with van der Waals surface area (Å²) >= 11 is 0. The van der Waals surface area contributed by atoms with Crippen molar-refractivity contribution in [2.45, 2.75) is 32.9 Å². The van der Waals surface area contributed by atoms with Gasteiger partial charge in [-0.05, 0) is 76.8 Å². The number of benzene rings is 2. The lowest BCUT2D eigenvalue weighted by Crippen LogP contribution is -2.38. The average molecular weight is 544 g/mol. The van der Waals surface area contributed by atoms with Crippen LogP contribution < -0.4 is 25.8 Å². The van der Waals surface area contributed by atoms with Crippen molar-refractivity contribution in [2.24, 2.45) is 0 Å². The van der Waals surface area contributed by atoms with Gasteiger partial charge in [-0.1, -0.05) is 12.1 Å². The summed E-state index contributed by atoms with van der Waals surface area (Å²) in [4.78, 5) is 27.3. The van der Waals surface area contributed by atoms with Crippen molar-refractivity contribution in [3.63, 3.8) is 0 Å². The first-order chi connectivity index (χ1) is 19.1. The van der Waals surface area contributed by atoms with Gasteiger partial charge in [-0.15, -0.1) is 0 Å². The molecular weight excluding hydrogens is 506 g/mol. The number of aromatic nitrogens is 3. The fourth-order valence-corrected chi connectivity index (χ4v) is 4.81. The largest absolute Gasteiger partial charge is 0.492 e. The molecule has 3 N–H and O–H groups in total. The van der Waals surface area contributed by atoms with Gasteiger partial charge in [0.05, 0.1) is 23.5 Å². The zero-order valence-corrected chi connectivity index (χ0v) is 23.7. The van der Waals surface area contributed by atoms with Crippen LogP contribution in [0.5, 0.6) is 5.75 Å². The number of fused-ring (bicyclic) bond motifs is 2. The lowest BCUT2D eigenvalue weighted by atomic mass is 10.1. The number of para-hydroxylation sites is 1. The number of rotatable bonds is 9. The highest BCUT2D eigenvalue weighted by Gasteiger charge is 2.25. The van der Waals surface area contributed by atoms with Crippen LogP contribution in [0.4, 0.5) is 28.7 Å². The number of nitrogens with one attached hydrogen (secondary N) is 2. The number of pyridine rings is 1. The molecule has 1 aliphatic rings. The van der Waals surface area contributed by atoms with Gasteiger partial charge in [0.15, 0.2) is 0 Å². The maximum absolute atomic E-state index is 14.0. The van der Waals surface area contributed by atoms with Gasteiger partial charge in [-0.3, -0.25) is 9.36 Å². The Balaban J connectivity index is 1.49.